The van der Waals surface area contributed by atoms with E-state index in [0.29, 0.717) is 5.69 Å². The van der Waals surface area contributed by atoms with E-state index in [4.69, 9.17) is 0 Å². The molecule has 0 bridgehead atoms. The zero-order valence-corrected chi connectivity index (χ0v) is 27.2. The predicted octanol–water partition coefficient (Wildman–Crippen LogP) is 6.44. The number of hydrogen-bond donors (Lipinski definition) is 1. The molecule has 0 spiro atoms. The highest BCUT2D eigenvalue weighted by atomic mass is 79.9. The van der Waals surface area contributed by atoms with E-state index in [-0.39, 0.29) is 23.4 Å². The maximum Gasteiger partial charge on any atom is 0.264 e. The first-order chi connectivity index (χ1) is 20.0. The van der Waals surface area contributed by atoms with Crippen molar-refractivity contribution in [3.05, 3.63) is 93.5 Å². The highest BCUT2D eigenvalue weighted by Gasteiger charge is 2.33. The Bertz CT molecular complexity index is 1500. The Morgan fingerprint density at radius 3 is 2.14 bits per heavy atom. The van der Waals surface area contributed by atoms with E-state index < -0.39 is 28.5 Å². The number of sulfonamides is 1. The van der Waals surface area contributed by atoms with Crippen molar-refractivity contribution in [3.8, 4) is 0 Å². The molecular weight excluding hydrogens is 614 g/mol. The first-order valence-electron chi connectivity index (χ1n) is 14.5. The topological polar surface area (TPSA) is 86.8 Å². The number of aryl methyl sites for hydroxylation is 3. The highest BCUT2D eigenvalue weighted by Crippen LogP contribution is 2.29. The lowest BCUT2D eigenvalue weighted by molar-refractivity contribution is -0.139. The number of nitrogens with zero attached hydrogens (tertiary/aromatic N) is 2. The lowest BCUT2D eigenvalue weighted by atomic mass is 9.95. The van der Waals surface area contributed by atoms with Gasteiger partial charge in [0.15, 0.2) is 0 Å². The van der Waals surface area contributed by atoms with E-state index in [1.807, 2.05) is 57.2 Å². The Kier molecular flexibility index (Phi) is 10.5. The van der Waals surface area contributed by atoms with Gasteiger partial charge in [0, 0.05) is 17.1 Å². The van der Waals surface area contributed by atoms with Crippen LogP contribution in [0.2, 0.25) is 0 Å². The lowest BCUT2D eigenvalue weighted by Crippen LogP contribution is -2.53. The molecule has 3 aromatic carbocycles. The molecule has 7 nitrogen and oxygen atoms in total. The highest BCUT2D eigenvalue weighted by molar-refractivity contribution is 9.10. The van der Waals surface area contributed by atoms with Crippen LogP contribution in [0.25, 0.3) is 0 Å². The molecule has 224 valence electrons. The zero-order valence-electron chi connectivity index (χ0n) is 24.8. The van der Waals surface area contributed by atoms with Gasteiger partial charge in [-0.2, -0.15) is 0 Å². The Balaban J connectivity index is 1.69. The molecule has 0 saturated heterocycles. The molecule has 42 heavy (non-hydrogen) atoms. The number of carbonyl (C=O) groups is 2. The number of rotatable bonds is 10. The van der Waals surface area contributed by atoms with Crippen LogP contribution in [-0.4, -0.2) is 43.8 Å². The molecule has 0 aliphatic heterocycles. The van der Waals surface area contributed by atoms with Gasteiger partial charge < -0.3 is 10.2 Å². The molecule has 1 fully saturated rings. The van der Waals surface area contributed by atoms with Crippen LogP contribution in [0, 0.1) is 20.8 Å². The second kappa shape index (κ2) is 13.9. The van der Waals surface area contributed by atoms with Crippen molar-refractivity contribution in [2.75, 3.05) is 10.8 Å². The number of nitrogens with one attached hydrogen (secondary N) is 1. The van der Waals surface area contributed by atoms with E-state index in [1.54, 1.807) is 37.3 Å². The van der Waals surface area contributed by atoms with Gasteiger partial charge in [-0.05, 0) is 82.0 Å². The molecule has 1 N–H and O–H groups in total. The van der Waals surface area contributed by atoms with Crippen LogP contribution in [0.3, 0.4) is 0 Å². The number of hydrogen-bond acceptors (Lipinski definition) is 4. The Morgan fingerprint density at radius 2 is 1.52 bits per heavy atom. The Morgan fingerprint density at radius 1 is 0.905 bits per heavy atom. The summed E-state index contributed by atoms with van der Waals surface area (Å²) in [6, 6.07) is 18.9. The van der Waals surface area contributed by atoms with Crippen LogP contribution in [0.15, 0.2) is 76.1 Å². The molecule has 1 atom stereocenters. The molecule has 0 radical (unpaired) electrons. The van der Waals surface area contributed by atoms with Crippen molar-refractivity contribution in [3.63, 3.8) is 0 Å². The summed E-state index contributed by atoms with van der Waals surface area (Å²) in [6.45, 7) is 7.10. The van der Waals surface area contributed by atoms with E-state index >= 15 is 0 Å². The molecule has 1 aliphatic rings. The number of anilines is 1. The zero-order chi connectivity index (χ0) is 30.4. The second-order valence-corrected chi connectivity index (χ2v) is 14.1. The van der Waals surface area contributed by atoms with E-state index in [0.717, 1.165) is 52.4 Å². The molecule has 0 aromatic heterocycles. The van der Waals surface area contributed by atoms with Crippen LogP contribution in [0.4, 0.5) is 5.69 Å². The quantitative estimate of drug-likeness (QED) is 0.273. The molecule has 4 rings (SSSR count). The molecule has 9 heteroatoms. The van der Waals surface area contributed by atoms with Gasteiger partial charge in [-0.15, -0.1) is 0 Å². The molecule has 1 unspecified atom stereocenters. The van der Waals surface area contributed by atoms with Crippen LogP contribution in [0.1, 0.15) is 61.3 Å². The third kappa shape index (κ3) is 7.81. The number of benzene rings is 3. The summed E-state index contributed by atoms with van der Waals surface area (Å²) in [7, 11) is -4.10. The average molecular weight is 655 g/mol. The number of amides is 2. The van der Waals surface area contributed by atoms with Gasteiger partial charge in [0.2, 0.25) is 11.8 Å². The minimum atomic E-state index is -4.10. The van der Waals surface area contributed by atoms with Crippen LogP contribution in [-0.2, 0) is 26.2 Å². The van der Waals surface area contributed by atoms with Gasteiger partial charge in [0.1, 0.15) is 12.6 Å². The van der Waals surface area contributed by atoms with Gasteiger partial charge in [-0.3, -0.25) is 13.9 Å². The van der Waals surface area contributed by atoms with Crippen LogP contribution >= 0.6 is 15.9 Å². The molecule has 3 aromatic rings. The third-order valence-corrected chi connectivity index (χ3v) is 10.2. The number of halogens is 1. The largest absolute Gasteiger partial charge is 0.352 e. The molecule has 1 aliphatic carbocycles. The number of carbonyl (C=O) groups excluding carboxylic acids is 2. The maximum absolute atomic E-state index is 14.2. The van der Waals surface area contributed by atoms with Crippen molar-refractivity contribution in [2.24, 2.45) is 0 Å². The van der Waals surface area contributed by atoms with Gasteiger partial charge in [-0.1, -0.05) is 82.7 Å². The second-order valence-electron chi connectivity index (χ2n) is 11.3. The molecule has 1 saturated carbocycles. The monoisotopic (exact) mass is 653 g/mol. The molecular formula is C33H40BrN3O4S. The minimum Gasteiger partial charge on any atom is -0.352 e. The average Bonchev–Trinajstić information content (AvgIpc) is 2.96. The van der Waals surface area contributed by atoms with E-state index in [9.17, 15) is 18.0 Å². The summed E-state index contributed by atoms with van der Waals surface area (Å²) in [6.07, 6.45) is 5.16. The van der Waals surface area contributed by atoms with Gasteiger partial charge in [-0.25, -0.2) is 8.42 Å². The van der Waals surface area contributed by atoms with Gasteiger partial charge in [0.05, 0.1) is 10.6 Å². The van der Waals surface area contributed by atoms with E-state index in [1.165, 1.54) is 15.6 Å². The SMILES string of the molecule is Cc1ccc(S(=O)(=O)N(CC(=O)N(Cc2ccc(Br)cc2)C(C)C(=O)NC2CCCCC2)c2ccc(C)cc2C)cc1. The maximum atomic E-state index is 14.2. The standard InChI is InChI=1S/C33H40BrN3O4S/c1-23-10-17-30(18-11-23)42(40,41)37(31-19-12-24(2)20-25(31)3)22-32(38)36(21-27-13-15-28(34)16-14-27)26(4)33(39)35-29-8-6-5-7-9-29/h10-20,26,29H,5-9,21-22H2,1-4H3,(H,35,39). The fourth-order valence-corrected chi connectivity index (χ4v) is 7.12. The van der Waals surface area contributed by atoms with Crippen molar-refractivity contribution in [2.45, 2.75) is 83.3 Å². The summed E-state index contributed by atoms with van der Waals surface area (Å²) in [5.41, 5.74) is 3.92. The summed E-state index contributed by atoms with van der Waals surface area (Å²) in [4.78, 5) is 29.2. The first-order valence-corrected chi connectivity index (χ1v) is 16.7. The van der Waals surface area contributed by atoms with Crippen molar-refractivity contribution in [1.29, 1.82) is 0 Å². The molecule has 0 heterocycles. The van der Waals surface area contributed by atoms with Crippen molar-refractivity contribution in [1.82, 2.24) is 10.2 Å². The lowest BCUT2D eigenvalue weighted by Gasteiger charge is -2.33. The summed E-state index contributed by atoms with van der Waals surface area (Å²) >= 11 is 3.45. The normalized spacial score (nSPS) is 14.7. The van der Waals surface area contributed by atoms with E-state index in [2.05, 4.69) is 21.2 Å². The fraction of sp³-hybridized carbons (Fsp3) is 0.394. The van der Waals surface area contributed by atoms with Crippen molar-refractivity contribution >= 4 is 43.5 Å². The van der Waals surface area contributed by atoms with Crippen LogP contribution in [0.5, 0.6) is 0 Å². The summed E-state index contributed by atoms with van der Waals surface area (Å²) in [5.74, 6) is -0.688. The smallest absolute Gasteiger partial charge is 0.264 e. The Hall–Kier alpha value is -3.17. The van der Waals surface area contributed by atoms with Crippen molar-refractivity contribution < 1.29 is 18.0 Å². The van der Waals surface area contributed by atoms with Crippen LogP contribution < -0.4 is 9.62 Å². The van der Waals surface area contributed by atoms with Gasteiger partial charge >= 0.3 is 0 Å². The third-order valence-electron chi connectivity index (χ3n) is 7.89. The summed E-state index contributed by atoms with van der Waals surface area (Å²) < 4.78 is 30.2. The predicted molar refractivity (Wildman–Crippen MR) is 171 cm³/mol. The summed E-state index contributed by atoms with van der Waals surface area (Å²) in [5, 5.41) is 3.14. The molecule has 2 amide bonds. The minimum absolute atomic E-state index is 0.0898. The van der Waals surface area contributed by atoms with Gasteiger partial charge in [0.25, 0.3) is 10.0 Å². The fourth-order valence-electron chi connectivity index (χ4n) is 5.37. The Labute approximate surface area is 258 Å². The first kappa shape index (κ1) is 31.8.